The number of pyridine rings is 1. The van der Waals surface area contributed by atoms with Gasteiger partial charge in [-0.1, -0.05) is 13.8 Å². The molecule has 10 heteroatoms. The van der Waals surface area contributed by atoms with Crippen LogP contribution in [0, 0.1) is 17.8 Å². The van der Waals surface area contributed by atoms with Crippen molar-refractivity contribution >= 4 is 29.6 Å². The number of hydrogen-bond donors (Lipinski definition) is 2. The molecule has 10 nitrogen and oxygen atoms in total. The first-order chi connectivity index (χ1) is 17.9. The third-order valence-corrected chi connectivity index (χ3v) is 6.25. The normalized spacial score (nSPS) is 22.5. The van der Waals surface area contributed by atoms with Crippen LogP contribution in [0.2, 0.25) is 0 Å². The quantitative estimate of drug-likeness (QED) is 0.545. The fraction of sp³-hybridized carbons (Fsp3) is 0.679. The predicted molar refractivity (Wildman–Crippen MR) is 144 cm³/mol. The van der Waals surface area contributed by atoms with Crippen LogP contribution in [0.3, 0.4) is 0 Å². The summed E-state index contributed by atoms with van der Waals surface area (Å²) in [5.41, 5.74) is -0.204. The Morgan fingerprint density at radius 1 is 1.21 bits per heavy atom. The Balaban J connectivity index is 2.37. The highest BCUT2D eigenvalue weighted by molar-refractivity contribution is 5.97. The topological polar surface area (TPSA) is 127 Å². The average Bonchev–Trinajstić information content (AvgIpc) is 2.83. The number of carbonyl (C=O) groups is 4. The van der Waals surface area contributed by atoms with E-state index in [1.807, 2.05) is 13.8 Å². The van der Waals surface area contributed by atoms with Crippen LogP contribution < -0.4 is 10.6 Å². The van der Waals surface area contributed by atoms with Gasteiger partial charge in [-0.25, -0.2) is 4.79 Å². The fourth-order valence-corrected chi connectivity index (χ4v) is 4.40. The Morgan fingerprint density at radius 3 is 2.58 bits per heavy atom. The second kappa shape index (κ2) is 14.7. The summed E-state index contributed by atoms with van der Waals surface area (Å²) in [5, 5.41) is 5.76. The first-order valence-corrected chi connectivity index (χ1v) is 13.5. The van der Waals surface area contributed by atoms with Gasteiger partial charge in [0.05, 0.1) is 30.3 Å². The number of rotatable bonds is 5. The van der Waals surface area contributed by atoms with E-state index in [0.717, 1.165) is 0 Å². The molecule has 1 aromatic rings. The molecule has 1 aliphatic rings. The smallest absolute Gasteiger partial charge is 0.409 e. The van der Waals surface area contributed by atoms with Crippen molar-refractivity contribution in [1.82, 2.24) is 15.2 Å². The molecule has 3 amide bonds. The van der Waals surface area contributed by atoms with Crippen LogP contribution in [0.15, 0.2) is 24.5 Å². The molecule has 1 aliphatic heterocycles. The van der Waals surface area contributed by atoms with Gasteiger partial charge < -0.3 is 25.0 Å². The minimum atomic E-state index is -0.820. The molecule has 1 saturated heterocycles. The zero-order valence-electron chi connectivity index (χ0n) is 23.6. The first kappa shape index (κ1) is 31.1. The summed E-state index contributed by atoms with van der Waals surface area (Å²) in [6.07, 6.45) is 5.44. The molecule has 212 valence electrons. The van der Waals surface area contributed by atoms with Gasteiger partial charge in [0, 0.05) is 19.8 Å². The van der Waals surface area contributed by atoms with Crippen LogP contribution >= 0.6 is 0 Å². The van der Waals surface area contributed by atoms with Gasteiger partial charge in [0.2, 0.25) is 11.8 Å². The average molecular weight is 533 g/mol. The molecule has 0 radical (unpaired) electrons. The Morgan fingerprint density at radius 2 is 1.95 bits per heavy atom. The second-order valence-corrected chi connectivity index (χ2v) is 11.3. The van der Waals surface area contributed by atoms with E-state index >= 15 is 0 Å². The summed E-state index contributed by atoms with van der Waals surface area (Å²) >= 11 is 0. The molecular weight excluding hydrogens is 488 g/mol. The number of aromatic nitrogens is 1. The number of nitrogens with zero attached hydrogens (tertiary/aromatic N) is 2. The van der Waals surface area contributed by atoms with E-state index < -0.39 is 35.5 Å². The number of amides is 3. The van der Waals surface area contributed by atoms with E-state index in [9.17, 15) is 19.2 Å². The van der Waals surface area contributed by atoms with Crippen molar-refractivity contribution in [3.8, 4) is 0 Å². The number of hydrogen-bond acceptors (Lipinski definition) is 7. The molecule has 1 fully saturated rings. The maximum absolute atomic E-state index is 13.7. The molecule has 38 heavy (non-hydrogen) atoms. The van der Waals surface area contributed by atoms with Crippen LogP contribution in [0.4, 0.5) is 10.5 Å². The Bertz CT molecular complexity index is 931. The lowest BCUT2D eigenvalue weighted by Gasteiger charge is -2.30. The van der Waals surface area contributed by atoms with Crippen molar-refractivity contribution in [2.45, 2.75) is 84.8 Å². The minimum absolute atomic E-state index is 0.118. The molecule has 2 rings (SSSR count). The van der Waals surface area contributed by atoms with Gasteiger partial charge in [-0.15, -0.1) is 0 Å². The molecule has 1 aromatic heterocycles. The monoisotopic (exact) mass is 532 g/mol. The van der Waals surface area contributed by atoms with E-state index in [2.05, 4.69) is 15.6 Å². The number of carbonyl (C=O) groups excluding carboxylic acids is 4. The van der Waals surface area contributed by atoms with Crippen LogP contribution in [-0.2, 0) is 23.9 Å². The van der Waals surface area contributed by atoms with Crippen molar-refractivity contribution in [1.29, 1.82) is 0 Å². The molecule has 3 atom stereocenters. The van der Waals surface area contributed by atoms with Crippen LogP contribution in [0.1, 0.15) is 73.1 Å². The van der Waals surface area contributed by atoms with Gasteiger partial charge in [-0.05, 0) is 77.3 Å². The van der Waals surface area contributed by atoms with Gasteiger partial charge in [-0.2, -0.15) is 0 Å². The molecule has 0 aromatic carbocycles. The molecule has 2 heterocycles. The molecule has 0 unspecified atom stereocenters. The van der Waals surface area contributed by atoms with Gasteiger partial charge in [0.1, 0.15) is 11.6 Å². The van der Waals surface area contributed by atoms with Crippen LogP contribution in [0.25, 0.3) is 0 Å². The van der Waals surface area contributed by atoms with Crippen LogP contribution in [0.5, 0.6) is 0 Å². The molecule has 0 bridgehead atoms. The molecule has 0 saturated carbocycles. The predicted octanol–water partition coefficient (Wildman–Crippen LogP) is 4.16. The highest BCUT2D eigenvalue weighted by Gasteiger charge is 2.38. The van der Waals surface area contributed by atoms with Crippen molar-refractivity contribution < 1.29 is 28.7 Å². The molecule has 0 spiro atoms. The summed E-state index contributed by atoms with van der Waals surface area (Å²) < 4.78 is 11.1. The van der Waals surface area contributed by atoms with Crippen molar-refractivity contribution in [2.24, 2.45) is 17.8 Å². The zero-order chi connectivity index (χ0) is 28.3. The number of cyclic esters (lactones) is 1. The summed E-state index contributed by atoms with van der Waals surface area (Å²) in [6, 6.07) is 2.61. The van der Waals surface area contributed by atoms with E-state index in [-0.39, 0.29) is 24.3 Å². The maximum atomic E-state index is 13.7. The number of esters is 1. The van der Waals surface area contributed by atoms with Gasteiger partial charge in [0.15, 0.2) is 0 Å². The van der Waals surface area contributed by atoms with Crippen molar-refractivity contribution in [2.75, 3.05) is 25.5 Å². The van der Waals surface area contributed by atoms with E-state index in [1.54, 1.807) is 46.1 Å². The lowest BCUT2D eigenvalue weighted by atomic mass is 9.81. The summed E-state index contributed by atoms with van der Waals surface area (Å²) in [5.74, 6) is -2.53. The third kappa shape index (κ3) is 10.7. The fourth-order valence-electron chi connectivity index (χ4n) is 4.40. The third-order valence-electron chi connectivity index (χ3n) is 6.25. The molecule has 0 aliphatic carbocycles. The summed E-state index contributed by atoms with van der Waals surface area (Å²) in [7, 11) is 1.66. The largest absolute Gasteiger partial charge is 0.460 e. The second-order valence-electron chi connectivity index (χ2n) is 11.3. The Kier molecular flexibility index (Phi) is 12.0. The minimum Gasteiger partial charge on any atom is -0.460 e. The van der Waals surface area contributed by atoms with Gasteiger partial charge in [0.25, 0.3) is 0 Å². The van der Waals surface area contributed by atoms with E-state index in [4.69, 9.17) is 9.47 Å². The van der Waals surface area contributed by atoms with E-state index in [0.29, 0.717) is 50.8 Å². The Labute approximate surface area is 226 Å². The number of ether oxygens (including phenoxy) is 2. The van der Waals surface area contributed by atoms with Crippen molar-refractivity contribution in [3.63, 3.8) is 0 Å². The van der Waals surface area contributed by atoms with E-state index in [1.165, 1.54) is 11.1 Å². The highest BCUT2D eigenvalue weighted by Crippen LogP contribution is 2.29. The maximum Gasteiger partial charge on any atom is 0.409 e. The number of anilines is 1. The SMILES string of the molecule is CC(C)C[C@H]1C(=O)N[C@H](C(=O)Nc2cccnc2)CCCCN(C)C(=O)OCCC[C@@H]1C(=O)OC(C)(C)C. The first-order valence-electron chi connectivity index (χ1n) is 13.5. The number of nitrogens with one attached hydrogen (secondary N) is 2. The zero-order valence-corrected chi connectivity index (χ0v) is 23.6. The lowest BCUT2D eigenvalue weighted by molar-refractivity contribution is -0.164. The lowest BCUT2D eigenvalue weighted by Crippen LogP contribution is -2.49. The van der Waals surface area contributed by atoms with Gasteiger partial charge >= 0.3 is 12.1 Å². The summed E-state index contributed by atoms with van der Waals surface area (Å²) in [6.45, 7) is 9.91. The summed E-state index contributed by atoms with van der Waals surface area (Å²) in [4.78, 5) is 58.2. The molecule has 2 N–H and O–H groups in total. The Hall–Kier alpha value is -3.17. The molecular formula is C28H44N4O6. The van der Waals surface area contributed by atoms with Crippen LogP contribution in [-0.4, -0.2) is 65.6 Å². The highest BCUT2D eigenvalue weighted by atomic mass is 16.6. The van der Waals surface area contributed by atoms with Gasteiger partial charge in [-0.3, -0.25) is 19.4 Å². The van der Waals surface area contributed by atoms with Crippen molar-refractivity contribution in [3.05, 3.63) is 24.5 Å². The standard InChI is InChI=1S/C28H44N4O6/c1-19(2)17-22-21(26(35)38-28(3,4)5)12-10-16-37-27(36)32(6)15-8-7-13-23(31-24(22)33)25(34)30-20-11-9-14-29-18-20/h9,11,14,18-19,21-23H,7-8,10,12-13,15-17H2,1-6H3,(H,30,34)(H,31,33)/t21-,22+,23-/m0/s1.